The Hall–Kier alpha value is -2.42. The second-order valence-corrected chi connectivity index (χ2v) is 3.74. The molecule has 1 aromatic carbocycles. The van der Waals surface area contributed by atoms with Crippen LogP contribution in [0, 0.1) is 28.4 Å². The van der Waals surface area contributed by atoms with Crippen molar-refractivity contribution in [2.75, 3.05) is 13.1 Å². The summed E-state index contributed by atoms with van der Waals surface area (Å²) in [6, 6.07) is 6.10. The van der Waals surface area contributed by atoms with Crippen molar-refractivity contribution < 1.29 is 9.72 Å². The number of nitrogens with zero attached hydrogens (tertiary/aromatic N) is 3. The van der Waals surface area contributed by atoms with Gasteiger partial charge < -0.3 is 4.90 Å². The standard InChI is InChI=1S/C12H13N3O3/c1-3-14(7-6-13)12(16)10-4-5-11(15(17)18)9(2)8-10/h4-5,8H,3,7H2,1-2H3. The van der Waals surface area contributed by atoms with Crippen LogP contribution in [0.15, 0.2) is 18.2 Å². The zero-order chi connectivity index (χ0) is 13.7. The number of amides is 1. The third-order valence-corrected chi connectivity index (χ3v) is 2.57. The normalized spacial score (nSPS) is 9.61. The molecule has 0 fully saturated rings. The van der Waals surface area contributed by atoms with E-state index < -0.39 is 4.92 Å². The molecule has 0 radical (unpaired) electrons. The van der Waals surface area contributed by atoms with Crippen molar-refractivity contribution in [2.24, 2.45) is 0 Å². The Morgan fingerprint density at radius 3 is 2.67 bits per heavy atom. The summed E-state index contributed by atoms with van der Waals surface area (Å²) in [5.41, 5.74) is 0.768. The SMILES string of the molecule is CCN(CC#N)C(=O)c1ccc([N+](=O)[O-])c(C)c1. The molecule has 6 nitrogen and oxygen atoms in total. The molecule has 0 heterocycles. The maximum absolute atomic E-state index is 12.0. The number of carbonyl (C=O) groups is 1. The smallest absolute Gasteiger partial charge is 0.272 e. The van der Waals surface area contributed by atoms with Gasteiger partial charge in [-0.15, -0.1) is 0 Å². The van der Waals surface area contributed by atoms with Gasteiger partial charge in [0.2, 0.25) is 0 Å². The van der Waals surface area contributed by atoms with Crippen LogP contribution in [0.1, 0.15) is 22.8 Å². The van der Waals surface area contributed by atoms with Crippen LogP contribution in [0.3, 0.4) is 0 Å². The first-order valence-corrected chi connectivity index (χ1v) is 5.42. The Morgan fingerprint density at radius 1 is 1.56 bits per heavy atom. The molecule has 1 amide bonds. The van der Waals surface area contributed by atoms with E-state index in [-0.39, 0.29) is 18.1 Å². The molecule has 0 unspecified atom stereocenters. The van der Waals surface area contributed by atoms with Gasteiger partial charge in [0.25, 0.3) is 11.6 Å². The van der Waals surface area contributed by atoms with Gasteiger partial charge in [-0.25, -0.2) is 0 Å². The topological polar surface area (TPSA) is 87.2 Å². The molecule has 0 saturated heterocycles. The fourth-order valence-corrected chi connectivity index (χ4v) is 1.59. The first-order chi connectivity index (χ1) is 8.51. The number of nitro benzene ring substituents is 1. The molecule has 0 aliphatic carbocycles. The van der Waals surface area contributed by atoms with Crippen LogP contribution in [-0.4, -0.2) is 28.8 Å². The van der Waals surface area contributed by atoms with Gasteiger partial charge in [-0.05, 0) is 26.0 Å². The number of hydrogen-bond donors (Lipinski definition) is 0. The summed E-state index contributed by atoms with van der Waals surface area (Å²) < 4.78 is 0. The van der Waals surface area contributed by atoms with Crippen molar-refractivity contribution in [2.45, 2.75) is 13.8 Å². The van der Waals surface area contributed by atoms with E-state index >= 15 is 0 Å². The maximum Gasteiger partial charge on any atom is 0.272 e. The highest BCUT2D eigenvalue weighted by Gasteiger charge is 2.17. The van der Waals surface area contributed by atoms with Gasteiger partial charge in [0, 0.05) is 23.7 Å². The third kappa shape index (κ3) is 2.83. The van der Waals surface area contributed by atoms with E-state index in [1.165, 1.54) is 23.1 Å². The van der Waals surface area contributed by atoms with E-state index in [4.69, 9.17) is 5.26 Å². The molecule has 0 aliphatic rings. The Labute approximate surface area is 105 Å². The lowest BCUT2D eigenvalue weighted by atomic mass is 10.1. The molecule has 0 aromatic heterocycles. The fraction of sp³-hybridized carbons (Fsp3) is 0.333. The monoisotopic (exact) mass is 247 g/mol. The van der Waals surface area contributed by atoms with Gasteiger partial charge in [-0.3, -0.25) is 14.9 Å². The molecule has 0 atom stereocenters. The van der Waals surface area contributed by atoms with Crippen molar-refractivity contribution >= 4 is 11.6 Å². The van der Waals surface area contributed by atoms with Crippen LogP contribution in [0.5, 0.6) is 0 Å². The molecule has 0 N–H and O–H groups in total. The van der Waals surface area contributed by atoms with Gasteiger partial charge >= 0.3 is 0 Å². The van der Waals surface area contributed by atoms with E-state index in [9.17, 15) is 14.9 Å². The molecule has 0 bridgehead atoms. The Kier molecular flexibility index (Phi) is 4.38. The van der Waals surface area contributed by atoms with Gasteiger partial charge in [-0.2, -0.15) is 5.26 Å². The zero-order valence-corrected chi connectivity index (χ0v) is 10.2. The summed E-state index contributed by atoms with van der Waals surface area (Å²) in [6.07, 6.45) is 0. The van der Waals surface area contributed by atoms with Crippen molar-refractivity contribution in [1.29, 1.82) is 5.26 Å². The quantitative estimate of drug-likeness (QED) is 0.461. The molecule has 0 aliphatic heterocycles. The number of nitriles is 1. The minimum atomic E-state index is -0.490. The minimum Gasteiger partial charge on any atom is -0.326 e. The minimum absolute atomic E-state index is 0.00533. The molecular formula is C12H13N3O3. The number of aryl methyl sites for hydroxylation is 1. The van der Waals surface area contributed by atoms with Crippen LogP contribution >= 0.6 is 0 Å². The highest BCUT2D eigenvalue weighted by Crippen LogP contribution is 2.19. The second-order valence-electron chi connectivity index (χ2n) is 3.74. The molecule has 1 rings (SSSR count). The zero-order valence-electron chi connectivity index (χ0n) is 10.2. The van der Waals surface area contributed by atoms with Crippen molar-refractivity contribution in [3.05, 3.63) is 39.4 Å². The Balaban J connectivity index is 3.05. The molecule has 6 heteroatoms. The van der Waals surface area contributed by atoms with E-state index in [2.05, 4.69) is 0 Å². The van der Waals surface area contributed by atoms with Crippen molar-refractivity contribution in [1.82, 2.24) is 4.90 Å². The van der Waals surface area contributed by atoms with Gasteiger partial charge in [0.05, 0.1) is 11.0 Å². The Morgan fingerprint density at radius 2 is 2.22 bits per heavy atom. The van der Waals surface area contributed by atoms with Gasteiger partial charge in [0.15, 0.2) is 0 Å². The predicted octanol–water partition coefficient (Wildman–Crippen LogP) is 1.89. The number of carbonyl (C=O) groups excluding carboxylic acids is 1. The largest absolute Gasteiger partial charge is 0.326 e. The van der Waals surface area contributed by atoms with E-state index in [1.807, 2.05) is 6.07 Å². The van der Waals surface area contributed by atoms with Crippen LogP contribution in [-0.2, 0) is 0 Å². The maximum atomic E-state index is 12.0. The highest BCUT2D eigenvalue weighted by atomic mass is 16.6. The molecular weight excluding hydrogens is 234 g/mol. The number of benzene rings is 1. The third-order valence-electron chi connectivity index (χ3n) is 2.57. The number of nitro groups is 1. The van der Waals surface area contributed by atoms with Crippen LogP contribution in [0.4, 0.5) is 5.69 Å². The lowest BCUT2D eigenvalue weighted by Gasteiger charge is -2.17. The highest BCUT2D eigenvalue weighted by molar-refractivity contribution is 5.94. The molecule has 0 spiro atoms. The van der Waals surface area contributed by atoms with Gasteiger partial charge in [-0.1, -0.05) is 0 Å². The lowest BCUT2D eigenvalue weighted by molar-refractivity contribution is -0.385. The van der Waals surface area contributed by atoms with E-state index in [0.717, 1.165) is 0 Å². The van der Waals surface area contributed by atoms with Crippen LogP contribution in [0.2, 0.25) is 0 Å². The second kappa shape index (κ2) is 5.77. The number of rotatable bonds is 4. The average molecular weight is 247 g/mol. The summed E-state index contributed by atoms with van der Waals surface area (Å²) in [5, 5.41) is 19.3. The molecule has 1 aromatic rings. The first-order valence-electron chi connectivity index (χ1n) is 5.42. The molecule has 18 heavy (non-hydrogen) atoms. The summed E-state index contributed by atoms with van der Waals surface area (Å²) in [4.78, 5) is 23.6. The lowest BCUT2D eigenvalue weighted by Crippen LogP contribution is -2.31. The van der Waals surface area contributed by atoms with Crippen molar-refractivity contribution in [3.63, 3.8) is 0 Å². The van der Waals surface area contributed by atoms with Crippen LogP contribution < -0.4 is 0 Å². The Bertz CT molecular complexity index is 520. The first kappa shape index (κ1) is 13.6. The molecule has 94 valence electrons. The predicted molar refractivity (Wildman–Crippen MR) is 65.0 cm³/mol. The van der Waals surface area contributed by atoms with E-state index in [1.54, 1.807) is 13.8 Å². The van der Waals surface area contributed by atoms with Crippen LogP contribution in [0.25, 0.3) is 0 Å². The fourth-order valence-electron chi connectivity index (χ4n) is 1.59. The molecule has 0 saturated carbocycles. The summed E-state index contributed by atoms with van der Waals surface area (Å²) in [6.45, 7) is 3.77. The number of hydrogen-bond acceptors (Lipinski definition) is 4. The summed E-state index contributed by atoms with van der Waals surface area (Å²) in [5.74, 6) is -0.294. The summed E-state index contributed by atoms with van der Waals surface area (Å²) >= 11 is 0. The average Bonchev–Trinajstić information content (AvgIpc) is 2.34. The van der Waals surface area contributed by atoms with Crippen molar-refractivity contribution in [3.8, 4) is 6.07 Å². The summed E-state index contributed by atoms with van der Waals surface area (Å²) in [7, 11) is 0. The van der Waals surface area contributed by atoms with Gasteiger partial charge in [0.1, 0.15) is 6.54 Å². The van der Waals surface area contributed by atoms with E-state index in [0.29, 0.717) is 17.7 Å².